The first kappa shape index (κ1) is 24.1. The highest BCUT2D eigenvalue weighted by molar-refractivity contribution is 6.14. The molecular weight excluding hydrogens is 485 g/mol. The van der Waals surface area contributed by atoms with E-state index in [0.717, 1.165) is 6.07 Å². The Bertz CT molecular complexity index is 1560. The van der Waals surface area contributed by atoms with Crippen LogP contribution in [0, 0.1) is 17.5 Å². The molecule has 0 radical (unpaired) electrons. The number of carbonyl (C=O) groups is 2. The third-order valence-electron chi connectivity index (χ3n) is 6.17. The summed E-state index contributed by atoms with van der Waals surface area (Å²) in [5.41, 5.74) is 3.76. The summed E-state index contributed by atoms with van der Waals surface area (Å²) < 4.78 is 48.2. The molecule has 7 nitrogen and oxygen atoms in total. The number of carbonyl (C=O) groups excluding carboxylic acids is 2. The van der Waals surface area contributed by atoms with E-state index >= 15 is 0 Å². The summed E-state index contributed by atoms with van der Waals surface area (Å²) in [6, 6.07) is 13.2. The largest absolute Gasteiger partial charge is 0.489 e. The number of ether oxygens (including phenoxy) is 1. The quantitative estimate of drug-likeness (QED) is 0.401. The van der Waals surface area contributed by atoms with Crippen molar-refractivity contribution in [1.82, 2.24) is 10.4 Å². The number of hydrogen-bond donors (Lipinski definition) is 1. The Balaban J connectivity index is 1.64. The molecule has 0 spiro atoms. The number of amides is 2. The Morgan fingerprint density at radius 1 is 1.05 bits per heavy atom. The van der Waals surface area contributed by atoms with E-state index in [-0.39, 0.29) is 33.8 Å². The van der Waals surface area contributed by atoms with Gasteiger partial charge >= 0.3 is 0 Å². The molecule has 2 heterocycles. The maximum absolute atomic E-state index is 14.7. The van der Waals surface area contributed by atoms with Crippen molar-refractivity contribution in [2.75, 3.05) is 30.1 Å². The summed E-state index contributed by atoms with van der Waals surface area (Å²) in [6.45, 7) is 2.07. The van der Waals surface area contributed by atoms with Gasteiger partial charge in [-0.1, -0.05) is 30.3 Å². The first-order valence-corrected chi connectivity index (χ1v) is 11.4. The normalized spacial score (nSPS) is 12.6. The number of hydrogen-bond acceptors (Lipinski definition) is 5. The number of rotatable bonds is 4. The molecule has 0 fully saturated rings. The number of pyridine rings is 1. The molecule has 0 atom stereocenters. The topological polar surface area (TPSA) is 74.8 Å². The molecular formula is C27H21F3N4O3. The fourth-order valence-corrected chi connectivity index (χ4v) is 4.33. The summed E-state index contributed by atoms with van der Waals surface area (Å²) >= 11 is 0. The van der Waals surface area contributed by atoms with Crippen molar-refractivity contribution in [3.63, 3.8) is 0 Å². The number of nitrogens with one attached hydrogen (secondary N) is 1. The second-order valence-electron chi connectivity index (χ2n) is 8.46. The maximum Gasteiger partial charge on any atom is 0.273 e. The molecule has 2 amide bonds. The maximum atomic E-state index is 14.7. The molecule has 1 aliphatic rings. The van der Waals surface area contributed by atoms with E-state index in [4.69, 9.17) is 4.74 Å². The Kier molecular flexibility index (Phi) is 6.16. The molecule has 3 aromatic carbocycles. The predicted molar refractivity (Wildman–Crippen MR) is 133 cm³/mol. The molecule has 0 saturated carbocycles. The van der Waals surface area contributed by atoms with Crippen LogP contribution in [0.4, 0.5) is 24.5 Å². The molecule has 1 aromatic heterocycles. The van der Waals surface area contributed by atoms with E-state index in [0.29, 0.717) is 36.0 Å². The number of para-hydroxylation sites is 3. The highest BCUT2D eigenvalue weighted by Crippen LogP contribution is 2.37. The van der Waals surface area contributed by atoms with E-state index in [2.05, 4.69) is 10.4 Å². The Morgan fingerprint density at radius 2 is 1.84 bits per heavy atom. The van der Waals surface area contributed by atoms with Gasteiger partial charge in [-0.3, -0.25) is 25.0 Å². The lowest BCUT2D eigenvalue weighted by Gasteiger charge is -2.31. The van der Waals surface area contributed by atoms with Crippen LogP contribution in [0.1, 0.15) is 17.3 Å². The van der Waals surface area contributed by atoms with Gasteiger partial charge in [0.05, 0.1) is 29.0 Å². The average molecular weight is 506 g/mol. The fraction of sp³-hybridized carbons (Fsp3) is 0.148. The number of halogens is 3. The lowest BCUT2D eigenvalue weighted by atomic mass is 9.98. The molecule has 37 heavy (non-hydrogen) atoms. The SMILES string of the molecule is CC(=O)N(C)c1c(C(=O)NN2CCOc3ccccc32)cnc2c(-c3cc(F)cc(F)c3F)cccc12. The second kappa shape index (κ2) is 9.45. The van der Waals surface area contributed by atoms with Crippen LogP contribution >= 0.6 is 0 Å². The zero-order chi connectivity index (χ0) is 26.3. The average Bonchev–Trinajstić information content (AvgIpc) is 2.89. The highest BCUT2D eigenvalue weighted by Gasteiger charge is 2.26. The molecule has 1 N–H and O–H groups in total. The van der Waals surface area contributed by atoms with Gasteiger partial charge in [0.2, 0.25) is 5.91 Å². The van der Waals surface area contributed by atoms with Crippen LogP contribution < -0.4 is 20.1 Å². The zero-order valence-corrected chi connectivity index (χ0v) is 19.9. The minimum Gasteiger partial charge on any atom is -0.489 e. The Morgan fingerprint density at radius 3 is 2.62 bits per heavy atom. The van der Waals surface area contributed by atoms with Crippen LogP contribution in [-0.4, -0.2) is 37.0 Å². The van der Waals surface area contributed by atoms with Gasteiger partial charge in [-0.05, 0) is 18.2 Å². The molecule has 5 rings (SSSR count). The molecule has 10 heteroatoms. The molecule has 0 bridgehead atoms. The number of nitrogens with zero attached hydrogens (tertiary/aromatic N) is 3. The second-order valence-corrected chi connectivity index (χ2v) is 8.46. The van der Waals surface area contributed by atoms with Crippen molar-refractivity contribution < 1.29 is 27.5 Å². The van der Waals surface area contributed by atoms with Gasteiger partial charge in [0, 0.05) is 42.7 Å². The van der Waals surface area contributed by atoms with Gasteiger partial charge in [-0.2, -0.15) is 0 Å². The standard InChI is InChI=1S/C27H21F3N4O3/c1-15(35)33(2)26-18-7-5-6-17(19-12-16(28)13-21(29)24(19)30)25(18)31-14-20(26)27(36)32-34-10-11-37-23-9-4-3-8-22(23)34/h3-9,12-14H,10-11H2,1-2H3,(H,32,36). The lowest BCUT2D eigenvalue weighted by molar-refractivity contribution is -0.116. The Labute approximate surface area is 210 Å². The van der Waals surface area contributed by atoms with Crippen LogP contribution in [0.25, 0.3) is 22.0 Å². The number of hydrazine groups is 1. The highest BCUT2D eigenvalue weighted by atomic mass is 19.2. The van der Waals surface area contributed by atoms with E-state index in [1.807, 2.05) is 12.1 Å². The van der Waals surface area contributed by atoms with Crippen molar-refractivity contribution in [1.29, 1.82) is 0 Å². The van der Waals surface area contributed by atoms with Gasteiger partial charge in [0.1, 0.15) is 18.2 Å². The van der Waals surface area contributed by atoms with Gasteiger partial charge < -0.3 is 9.64 Å². The van der Waals surface area contributed by atoms with Crippen molar-refractivity contribution in [3.8, 4) is 16.9 Å². The van der Waals surface area contributed by atoms with E-state index in [1.165, 1.54) is 31.1 Å². The van der Waals surface area contributed by atoms with Gasteiger partial charge in [-0.15, -0.1) is 0 Å². The molecule has 4 aromatic rings. The first-order chi connectivity index (χ1) is 17.8. The number of benzene rings is 3. The number of fused-ring (bicyclic) bond motifs is 2. The van der Waals surface area contributed by atoms with Crippen molar-refractivity contribution in [2.24, 2.45) is 0 Å². The summed E-state index contributed by atoms with van der Waals surface area (Å²) in [5, 5.41) is 1.97. The molecule has 1 aliphatic heterocycles. The van der Waals surface area contributed by atoms with Crippen molar-refractivity contribution >= 4 is 34.1 Å². The summed E-state index contributed by atoms with van der Waals surface area (Å²) in [6.07, 6.45) is 1.26. The number of aromatic nitrogens is 1. The molecule has 0 unspecified atom stereocenters. The molecule has 0 aliphatic carbocycles. The monoisotopic (exact) mass is 506 g/mol. The molecule has 188 valence electrons. The van der Waals surface area contributed by atoms with Crippen molar-refractivity contribution in [2.45, 2.75) is 6.92 Å². The van der Waals surface area contributed by atoms with Gasteiger partial charge in [0.15, 0.2) is 11.6 Å². The lowest BCUT2D eigenvalue weighted by Crippen LogP contribution is -2.47. The summed E-state index contributed by atoms with van der Waals surface area (Å²) in [4.78, 5) is 31.5. The zero-order valence-electron chi connectivity index (χ0n) is 19.9. The van der Waals surface area contributed by atoms with Crippen molar-refractivity contribution in [3.05, 3.63) is 83.8 Å². The van der Waals surface area contributed by atoms with E-state index in [9.17, 15) is 22.8 Å². The minimum absolute atomic E-state index is 0.0808. The van der Waals surface area contributed by atoms with Gasteiger partial charge in [0.25, 0.3) is 5.91 Å². The van der Waals surface area contributed by atoms with Crippen LogP contribution in [-0.2, 0) is 4.79 Å². The Hall–Kier alpha value is -4.60. The van der Waals surface area contributed by atoms with Crippen LogP contribution in [0.3, 0.4) is 0 Å². The summed E-state index contributed by atoms with van der Waals surface area (Å²) in [7, 11) is 1.49. The number of anilines is 2. The third-order valence-corrected chi connectivity index (χ3v) is 6.17. The third kappa shape index (κ3) is 4.31. The van der Waals surface area contributed by atoms with Crippen LogP contribution in [0.2, 0.25) is 0 Å². The van der Waals surface area contributed by atoms with Crippen LogP contribution in [0.5, 0.6) is 5.75 Å². The molecule has 0 saturated heterocycles. The van der Waals surface area contributed by atoms with E-state index in [1.54, 1.807) is 29.3 Å². The minimum atomic E-state index is -1.34. The predicted octanol–water partition coefficient (Wildman–Crippen LogP) is 4.85. The smallest absolute Gasteiger partial charge is 0.273 e. The van der Waals surface area contributed by atoms with Gasteiger partial charge in [-0.25, -0.2) is 13.2 Å². The fourth-order valence-electron chi connectivity index (χ4n) is 4.33. The summed E-state index contributed by atoms with van der Waals surface area (Å²) in [5.74, 6) is -3.82. The van der Waals surface area contributed by atoms with Crippen LogP contribution in [0.15, 0.2) is 60.8 Å². The first-order valence-electron chi connectivity index (χ1n) is 11.4. The van der Waals surface area contributed by atoms with E-state index < -0.39 is 23.4 Å².